The fourth-order valence-corrected chi connectivity index (χ4v) is 7.82. The SMILES string of the molecule is C[C@H](CO)N1C(=O)[C@H]2[C@@H]3C(=O)N[C@H](c4ccccc4)COC(=O)CC/C=C\CN(c4ccccc4Cl)C(=O)[C@H]1[C@@]21C=C(Br)[C@@H]3O1. The van der Waals surface area contributed by atoms with Gasteiger partial charge in [-0.1, -0.05) is 82.1 Å². The zero-order chi connectivity index (χ0) is 31.9. The average molecular weight is 699 g/mol. The highest BCUT2D eigenvalue weighted by Gasteiger charge is 2.75. The quantitative estimate of drug-likeness (QED) is 0.369. The highest BCUT2D eigenvalue weighted by molar-refractivity contribution is 9.11. The number of hydrogen-bond donors (Lipinski definition) is 2. The number of fused-ring (bicyclic) bond motifs is 2. The number of carbonyl (C=O) groups excluding carboxylic acids is 4. The van der Waals surface area contributed by atoms with Crippen LogP contribution < -0.4 is 10.2 Å². The van der Waals surface area contributed by atoms with Crippen molar-refractivity contribution in [3.63, 3.8) is 0 Å². The molecule has 1 spiro atoms. The van der Waals surface area contributed by atoms with E-state index in [9.17, 15) is 24.3 Å². The van der Waals surface area contributed by atoms with E-state index in [1.165, 1.54) is 9.80 Å². The summed E-state index contributed by atoms with van der Waals surface area (Å²) < 4.78 is 12.7. The van der Waals surface area contributed by atoms with E-state index in [-0.39, 0.29) is 19.6 Å². The van der Waals surface area contributed by atoms with Gasteiger partial charge in [-0.05, 0) is 37.1 Å². The van der Waals surface area contributed by atoms with Crippen molar-refractivity contribution in [2.45, 2.75) is 49.6 Å². The number of benzene rings is 2. The molecule has 236 valence electrons. The lowest BCUT2D eigenvalue weighted by Crippen LogP contribution is -2.58. The van der Waals surface area contributed by atoms with E-state index in [4.69, 9.17) is 21.1 Å². The van der Waals surface area contributed by atoms with Crippen LogP contribution >= 0.6 is 27.5 Å². The minimum absolute atomic E-state index is 0.0820. The molecule has 45 heavy (non-hydrogen) atoms. The summed E-state index contributed by atoms with van der Waals surface area (Å²) >= 11 is 10.1. The van der Waals surface area contributed by atoms with Crippen LogP contribution in [0, 0.1) is 11.8 Å². The molecule has 0 unspecified atom stereocenters. The van der Waals surface area contributed by atoms with Gasteiger partial charge in [0, 0.05) is 17.4 Å². The molecule has 5 bridgehead atoms. The minimum atomic E-state index is -1.49. The molecule has 0 saturated carbocycles. The molecule has 4 aliphatic rings. The van der Waals surface area contributed by atoms with Crippen molar-refractivity contribution in [2.24, 2.45) is 11.8 Å². The van der Waals surface area contributed by atoms with Crippen LogP contribution in [0.4, 0.5) is 5.69 Å². The predicted molar refractivity (Wildman–Crippen MR) is 169 cm³/mol. The van der Waals surface area contributed by atoms with Gasteiger partial charge in [-0.2, -0.15) is 0 Å². The maximum absolute atomic E-state index is 14.8. The van der Waals surface area contributed by atoms with Crippen molar-refractivity contribution >= 4 is 56.9 Å². The van der Waals surface area contributed by atoms with Crippen LogP contribution in [0.2, 0.25) is 5.02 Å². The summed E-state index contributed by atoms with van der Waals surface area (Å²) in [5, 5.41) is 13.6. The van der Waals surface area contributed by atoms with Crippen molar-refractivity contribution in [1.82, 2.24) is 10.2 Å². The number of nitrogens with one attached hydrogen (secondary N) is 1. The molecule has 10 nitrogen and oxygen atoms in total. The highest BCUT2D eigenvalue weighted by atomic mass is 79.9. The number of rotatable bonds is 4. The molecule has 2 N–H and O–H groups in total. The Balaban J connectivity index is 1.47. The number of aliphatic hydroxyl groups excluding tert-OH is 1. The van der Waals surface area contributed by atoms with Gasteiger partial charge < -0.3 is 29.7 Å². The van der Waals surface area contributed by atoms with Crippen molar-refractivity contribution in [3.05, 3.63) is 87.9 Å². The first kappa shape index (κ1) is 31.5. The largest absolute Gasteiger partial charge is 0.463 e. The molecule has 0 radical (unpaired) electrons. The van der Waals surface area contributed by atoms with Crippen molar-refractivity contribution in [1.29, 1.82) is 0 Å². The number of para-hydroxylation sites is 1. The zero-order valence-electron chi connectivity index (χ0n) is 24.5. The van der Waals surface area contributed by atoms with Crippen LogP contribution in [-0.4, -0.2) is 77.2 Å². The number of likely N-dealkylation sites (tertiary alicyclic amines) is 1. The van der Waals surface area contributed by atoms with Gasteiger partial charge in [-0.3, -0.25) is 19.2 Å². The van der Waals surface area contributed by atoms with E-state index >= 15 is 0 Å². The first-order chi connectivity index (χ1) is 21.7. The lowest BCUT2D eigenvalue weighted by Gasteiger charge is -2.38. The maximum Gasteiger partial charge on any atom is 0.306 e. The van der Waals surface area contributed by atoms with Crippen molar-refractivity contribution < 1.29 is 33.8 Å². The second-order valence-corrected chi connectivity index (χ2v) is 13.0. The molecule has 0 aliphatic carbocycles. The minimum Gasteiger partial charge on any atom is -0.463 e. The van der Waals surface area contributed by atoms with Crippen LogP contribution in [0.25, 0.3) is 0 Å². The fourth-order valence-electron chi connectivity index (χ4n) is 6.84. The summed E-state index contributed by atoms with van der Waals surface area (Å²) in [6.45, 7) is 1.23. The molecule has 7 atom stereocenters. The molecule has 2 aromatic carbocycles. The summed E-state index contributed by atoms with van der Waals surface area (Å²) in [7, 11) is 0. The molecule has 3 amide bonds. The third-order valence-corrected chi connectivity index (χ3v) is 9.95. The summed E-state index contributed by atoms with van der Waals surface area (Å²) in [4.78, 5) is 58.8. The standard InChI is InChI=1S/C33H33BrClN3O7/c1-19(17-39)38-29-32(43)37(24-13-8-7-12-22(24)35)15-9-3-6-14-25(40)44-18-23(20-10-4-2-5-11-20)36-30(41)26-27(31(38)42)33(29)16-21(34)28(26)45-33/h2-5,7-13,16,19,23,26-29,39H,6,14-15,17-18H2,1H3,(H,36,41)/b9-3-/t19-,23+,26+,27-,28+,29+,33-/m1/s1. The Hall–Kier alpha value is -3.51. The number of hydrogen-bond acceptors (Lipinski definition) is 7. The Morgan fingerprint density at radius 1 is 1.07 bits per heavy atom. The van der Waals surface area contributed by atoms with Gasteiger partial charge >= 0.3 is 5.97 Å². The lowest BCUT2D eigenvalue weighted by molar-refractivity contribution is -0.146. The number of allylic oxidation sites excluding steroid dienone is 1. The molecule has 4 heterocycles. The number of halogens is 2. The van der Waals surface area contributed by atoms with Gasteiger partial charge in [-0.15, -0.1) is 0 Å². The number of aliphatic hydroxyl groups is 1. The molecule has 0 aromatic heterocycles. The predicted octanol–water partition coefficient (Wildman–Crippen LogP) is 3.68. The molecular weight excluding hydrogens is 666 g/mol. The zero-order valence-corrected chi connectivity index (χ0v) is 26.8. The van der Waals surface area contributed by atoms with Crippen molar-refractivity contribution in [2.75, 3.05) is 24.7 Å². The number of anilines is 1. The maximum atomic E-state index is 14.8. The smallest absolute Gasteiger partial charge is 0.306 e. The molecule has 2 aromatic rings. The second-order valence-electron chi connectivity index (χ2n) is 11.7. The van der Waals surface area contributed by atoms with Crippen LogP contribution in [0.15, 0.2) is 77.3 Å². The first-order valence-corrected chi connectivity index (χ1v) is 16.1. The number of cyclic esters (lactones) is 1. The summed E-state index contributed by atoms with van der Waals surface area (Å²) in [5.41, 5.74) is -0.346. The summed E-state index contributed by atoms with van der Waals surface area (Å²) in [6.07, 6.45) is 4.90. The Bertz CT molecular complexity index is 1570. The number of amides is 3. The molecule has 2 fully saturated rings. The summed E-state index contributed by atoms with van der Waals surface area (Å²) in [6, 6.07) is 13.3. The van der Waals surface area contributed by atoms with E-state index in [2.05, 4.69) is 21.2 Å². The number of ether oxygens (including phenoxy) is 2. The van der Waals surface area contributed by atoms with Gasteiger partial charge in [0.1, 0.15) is 24.4 Å². The van der Waals surface area contributed by atoms with E-state index in [0.717, 1.165) is 5.56 Å². The monoisotopic (exact) mass is 697 g/mol. The van der Waals surface area contributed by atoms with Crippen LogP contribution in [0.1, 0.15) is 31.4 Å². The van der Waals surface area contributed by atoms with Gasteiger partial charge in [0.25, 0.3) is 5.91 Å². The van der Waals surface area contributed by atoms with Crippen LogP contribution in [0.5, 0.6) is 0 Å². The average Bonchev–Trinajstić information content (AvgIpc) is 3.64. The molecular formula is C33H33BrClN3O7. The number of carbonyl (C=O) groups is 4. The lowest BCUT2D eigenvalue weighted by atomic mass is 9.74. The van der Waals surface area contributed by atoms with E-state index in [1.54, 1.807) is 49.4 Å². The number of nitrogens with zero attached hydrogens (tertiary/aromatic N) is 2. The third-order valence-electron chi connectivity index (χ3n) is 8.95. The van der Waals surface area contributed by atoms with Gasteiger partial charge in [0.05, 0.1) is 41.2 Å². The van der Waals surface area contributed by atoms with E-state index < -0.39 is 72.0 Å². The summed E-state index contributed by atoms with van der Waals surface area (Å²) in [5.74, 6) is -3.91. The Morgan fingerprint density at radius 3 is 2.53 bits per heavy atom. The van der Waals surface area contributed by atoms with Crippen LogP contribution in [0.3, 0.4) is 0 Å². The molecule has 4 aliphatic heterocycles. The third kappa shape index (κ3) is 5.49. The van der Waals surface area contributed by atoms with Gasteiger partial charge in [-0.25, -0.2) is 0 Å². The Morgan fingerprint density at radius 2 is 1.80 bits per heavy atom. The van der Waals surface area contributed by atoms with E-state index in [1.807, 2.05) is 30.3 Å². The molecule has 2 saturated heterocycles. The Labute approximate surface area is 274 Å². The first-order valence-electron chi connectivity index (χ1n) is 14.9. The molecule has 12 heteroatoms. The molecule has 6 rings (SSSR count). The van der Waals surface area contributed by atoms with E-state index in [0.29, 0.717) is 21.6 Å². The second kappa shape index (κ2) is 12.7. The normalized spacial score (nSPS) is 31.7. The van der Waals surface area contributed by atoms with Crippen LogP contribution in [-0.2, 0) is 28.7 Å². The fraction of sp³-hybridized carbons (Fsp3) is 0.394. The Kier molecular flexibility index (Phi) is 8.89. The van der Waals surface area contributed by atoms with Gasteiger partial charge in [0.15, 0.2) is 0 Å². The van der Waals surface area contributed by atoms with Crippen molar-refractivity contribution in [3.8, 4) is 0 Å². The highest BCUT2D eigenvalue weighted by Crippen LogP contribution is 2.59. The topological polar surface area (TPSA) is 125 Å². The van der Waals surface area contributed by atoms with Gasteiger partial charge in [0.2, 0.25) is 11.8 Å². The number of esters is 1.